The highest BCUT2D eigenvalue weighted by molar-refractivity contribution is 6.31. The molecule has 2 bridgehead atoms. The Morgan fingerprint density at radius 2 is 1.82 bits per heavy atom. The summed E-state index contributed by atoms with van der Waals surface area (Å²) in [6.07, 6.45) is 8.85. The maximum atomic E-state index is 6.32. The van der Waals surface area contributed by atoms with Gasteiger partial charge in [-0.1, -0.05) is 74.3 Å². The number of rotatable bonds is 5. The molecule has 2 aromatic carbocycles. The first-order valence-electron chi connectivity index (χ1n) is 12.2. The van der Waals surface area contributed by atoms with Gasteiger partial charge in [-0.2, -0.15) is 5.10 Å². The summed E-state index contributed by atoms with van der Waals surface area (Å²) < 4.78 is 2.14. The smallest absolute Gasteiger partial charge is 0.0854 e. The van der Waals surface area contributed by atoms with Crippen molar-refractivity contribution in [3.63, 3.8) is 0 Å². The molecule has 1 aromatic heterocycles. The van der Waals surface area contributed by atoms with E-state index in [2.05, 4.69) is 93.9 Å². The molecule has 2 fully saturated rings. The highest BCUT2D eigenvalue weighted by Gasteiger charge is 2.57. The van der Waals surface area contributed by atoms with Crippen LogP contribution in [0, 0.1) is 36.5 Å². The summed E-state index contributed by atoms with van der Waals surface area (Å²) in [5.74, 6) is 1.45. The van der Waals surface area contributed by atoms with Crippen molar-refractivity contribution in [2.45, 2.75) is 60.4 Å². The van der Waals surface area contributed by atoms with Crippen LogP contribution >= 0.6 is 11.6 Å². The van der Waals surface area contributed by atoms with Crippen LogP contribution < -0.4 is 0 Å². The summed E-state index contributed by atoms with van der Waals surface area (Å²) in [5, 5.41) is 5.85. The molecule has 0 N–H and O–H groups in total. The van der Waals surface area contributed by atoms with Gasteiger partial charge in [-0.15, -0.1) is 0 Å². The van der Waals surface area contributed by atoms with E-state index in [1.165, 1.54) is 30.4 Å². The van der Waals surface area contributed by atoms with E-state index in [4.69, 9.17) is 16.7 Å². The van der Waals surface area contributed by atoms with Crippen LogP contribution in [0.15, 0.2) is 54.6 Å². The number of hydrogen-bond donors (Lipinski definition) is 0. The minimum absolute atomic E-state index is 0.365. The summed E-state index contributed by atoms with van der Waals surface area (Å²) in [5.41, 5.74) is 7.75. The first-order chi connectivity index (χ1) is 15.7. The summed E-state index contributed by atoms with van der Waals surface area (Å²) >= 11 is 6.32. The lowest BCUT2D eigenvalue weighted by Crippen LogP contribution is -2.33. The lowest BCUT2D eigenvalue weighted by atomic mass is 9.64. The van der Waals surface area contributed by atoms with Gasteiger partial charge in [0.1, 0.15) is 0 Å². The number of allylic oxidation sites excluding steroid dienone is 1. The lowest BCUT2D eigenvalue weighted by Gasteiger charge is -2.41. The molecule has 0 amide bonds. The Hall–Kier alpha value is -2.32. The second kappa shape index (κ2) is 8.17. The molecule has 2 aliphatic rings. The summed E-state index contributed by atoms with van der Waals surface area (Å²) in [4.78, 5) is 0. The number of nitrogens with zero attached hydrogens (tertiary/aromatic N) is 2. The molecule has 2 saturated carbocycles. The highest BCUT2D eigenvalue weighted by Crippen LogP contribution is 2.66. The molecule has 0 aliphatic heterocycles. The zero-order chi connectivity index (χ0) is 23.4. The van der Waals surface area contributed by atoms with Gasteiger partial charge in [0.15, 0.2) is 0 Å². The Labute approximate surface area is 203 Å². The van der Waals surface area contributed by atoms with Gasteiger partial charge in [0.05, 0.1) is 17.9 Å². The quantitative estimate of drug-likeness (QED) is 0.375. The van der Waals surface area contributed by atoms with Crippen LogP contribution in [-0.4, -0.2) is 9.78 Å². The minimum Gasteiger partial charge on any atom is -0.260 e. The van der Waals surface area contributed by atoms with Crippen molar-refractivity contribution in [1.29, 1.82) is 0 Å². The average Bonchev–Trinajstić information content (AvgIpc) is 3.40. The lowest BCUT2D eigenvalue weighted by molar-refractivity contribution is 0.114. The first kappa shape index (κ1) is 22.5. The van der Waals surface area contributed by atoms with Crippen LogP contribution in [0.4, 0.5) is 0 Å². The summed E-state index contributed by atoms with van der Waals surface area (Å²) in [6, 6.07) is 17.2. The van der Waals surface area contributed by atoms with Crippen LogP contribution in [0.2, 0.25) is 5.02 Å². The standard InChI is InChI=1S/C30H35ClN2/c1-20-6-8-22(9-7-20)19-33-27(23-10-12-26(31)21(2)16-23)17-25(32-33)11-13-28-29(3,4)24-14-15-30(28,5)18-24/h6-13,16-17,24,28H,14-15,18-19H2,1-5H3/b13-11+/t24-,28-,30+/m1/s1. The summed E-state index contributed by atoms with van der Waals surface area (Å²) in [6.45, 7) is 12.4. The predicted octanol–water partition coefficient (Wildman–Crippen LogP) is 8.34. The van der Waals surface area contributed by atoms with Crippen LogP contribution in [0.25, 0.3) is 17.3 Å². The molecule has 33 heavy (non-hydrogen) atoms. The summed E-state index contributed by atoms with van der Waals surface area (Å²) in [7, 11) is 0. The third-order valence-electron chi connectivity index (χ3n) is 8.55. The van der Waals surface area contributed by atoms with E-state index in [9.17, 15) is 0 Å². The minimum atomic E-state index is 0.365. The van der Waals surface area contributed by atoms with Gasteiger partial charge in [-0.05, 0) is 91.2 Å². The maximum absolute atomic E-state index is 6.32. The Kier molecular flexibility index (Phi) is 5.56. The predicted molar refractivity (Wildman–Crippen MR) is 139 cm³/mol. The van der Waals surface area contributed by atoms with E-state index in [0.717, 1.165) is 40.0 Å². The van der Waals surface area contributed by atoms with Crippen molar-refractivity contribution in [2.75, 3.05) is 0 Å². The molecular formula is C30H35ClN2. The molecule has 5 rings (SSSR count). The Bertz CT molecular complexity index is 1200. The zero-order valence-corrected chi connectivity index (χ0v) is 21.3. The van der Waals surface area contributed by atoms with E-state index in [-0.39, 0.29) is 0 Å². The monoisotopic (exact) mass is 458 g/mol. The van der Waals surface area contributed by atoms with E-state index < -0.39 is 0 Å². The molecule has 172 valence electrons. The normalized spacial score (nSPS) is 25.9. The molecule has 3 aromatic rings. The number of aryl methyl sites for hydroxylation is 2. The topological polar surface area (TPSA) is 17.8 Å². The van der Waals surface area contributed by atoms with Crippen molar-refractivity contribution >= 4 is 17.7 Å². The second-order valence-corrected chi connectivity index (χ2v) is 11.7. The van der Waals surface area contributed by atoms with Gasteiger partial charge in [-0.25, -0.2) is 0 Å². The average molecular weight is 459 g/mol. The van der Waals surface area contributed by atoms with Crippen LogP contribution in [0.5, 0.6) is 0 Å². The molecule has 2 aliphatic carbocycles. The fourth-order valence-electron chi connectivity index (χ4n) is 6.56. The van der Waals surface area contributed by atoms with E-state index in [0.29, 0.717) is 16.7 Å². The Morgan fingerprint density at radius 1 is 1.06 bits per heavy atom. The molecule has 3 heteroatoms. The second-order valence-electron chi connectivity index (χ2n) is 11.3. The van der Waals surface area contributed by atoms with Crippen molar-refractivity contribution in [3.05, 3.63) is 82.0 Å². The molecule has 3 atom stereocenters. The first-order valence-corrected chi connectivity index (χ1v) is 12.6. The number of aromatic nitrogens is 2. The van der Waals surface area contributed by atoms with Crippen molar-refractivity contribution in [2.24, 2.45) is 22.7 Å². The molecule has 0 saturated heterocycles. The molecule has 2 nitrogen and oxygen atoms in total. The van der Waals surface area contributed by atoms with Gasteiger partial charge < -0.3 is 0 Å². The van der Waals surface area contributed by atoms with Crippen LogP contribution in [0.3, 0.4) is 0 Å². The fourth-order valence-corrected chi connectivity index (χ4v) is 6.67. The number of benzene rings is 2. The molecule has 1 heterocycles. The third kappa shape index (κ3) is 4.08. The number of fused-ring (bicyclic) bond motifs is 2. The molecular weight excluding hydrogens is 424 g/mol. The SMILES string of the molecule is Cc1ccc(Cn2nc(/C=C/[C@@H]3C(C)(C)[C@@H]4CC[C@@]3(C)C4)cc2-c2ccc(Cl)c(C)c2)cc1. The van der Waals surface area contributed by atoms with Gasteiger partial charge in [0.25, 0.3) is 0 Å². The Balaban J connectivity index is 1.50. The molecule has 0 radical (unpaired) electrons. The number of hydrogen-bond acceptors (Lipinski definition) is 1. The van der Waals surface area contributed by atoms with Gasteiger partial charge in [0.2, 0.25) is 0 Å². The fraction of sp³-hybridized carbons (Fsp3) is 0.433. The van der Waals surface area contributed by atoms with Crippen molar-refractivity contribution in [3.8, 4) is 11.3 Å². The Morgan fingerprint density at radius 3 is 2.48 bits per heavy atom. The van der Waals surface area contributed by atoms with Crippen molar-refractivity contribution < 1.29 is 0 Å². The largest absolute Gasteiger partial charge is 0.260 e. The van der Waals surface area contributed by atoms with Crippen LogP contribution in [-0.2, 0) is 6.54 Å². The van der Waals surface area contributed by atoms with E-state index in [1.807, 2.05) is 6.07 Å². The third-order valence-corrected chi connectivity index (χ3v) is 8.97. The molecule has 0 unspecified atom stereocenters. The highest BCUT2D eigenvalue weighted by atomic mass is 35.5. The van der Waals surface area contributed by atoms with Gasteiger partial charge in [-0.3, -0.25) is 4.68 Å². The van der Waals surface area contributed by atoms with E-state index in [1.54, 1.807) is 0 Å². The van der Waals surface area contributed by atoms with Gasteiger partial charge >= 0.3 is 0 Å². The molecule has 0 spiro atoms. The van der Waals surface area contributed by atoms with E-state index >= 15 is 0 Å². The van der Waals surface area contributed by atoms with Crippen molar-refractivity contribution in [1.82, 2.24) is 9.78 Å². The van der Waals surface area contributed by atoms with Gasteiger partial charge in [0, 0.05) is 10.6 Å². The maximum Gasteiger partial charge on any atom is 0.0854 e. The zero-order valence-electron chi connectivity index (χ0n) is 20.5. The number of halogens is 1. The van der Waals surface area contributed by atoms with Crippen LogP contribution in [0.1, 0.15) is 62.4 Å².